The van der Waals surface area contributed by atoms with Crippen LogP contribution in [0.3, 0.4) is 0 Å². The summed E-state index contributed by atoms with van der Waals surface area (Å²) in [6.07, 6.45) is -0.864. The Kier molecular flexibility index (Phi) is 4.66. The van der Waals surface area contributed by atoms with Gasteiger partial charge in [0.1, 0.15) is 12.1 Å². The van der Waals surface area contributed by atoms with Gasteiger partial charge >= 0.3 is 0 Å². The van der Waals surface area contributed by atoms with Gasteiger partial charge in [0.15, 0.2) is 0 Å². The zero-order valence-electron chi connectivity index (χ0n) is 15.2. The molecule has 1 aliphatic rings. The van der Waals surface area contributed by atoms with E-state index in [1.807, 2.05) is 59.2 Å². The Morgan fingerprint density at radius 3 is 2.37 bits per heavy atom. The Morgan fingerprint density at radius 1 is 0.889 bits per heavy atom. The van der Waals surface area contributed by atoms with Gasteiger partial charge in [-0.2, -0.15) is 0 Å². The van der Waals surface area contributed by atoms with Crippen molar-refractivity contribution in [1.29, 1.82) is 0 Å². The van der Waals surface area contributed by atoms with Crippen molar-refractivity contribution < 1.29 is 4.39 Å². The van der Waals surface area contributed by atoms with Gasteiger partial charge in [0, 0.05) is 23.5 Å². The Morgan fingerprint density at radius 2 is 1.59 bits per heavy atom. The summed E-state index contributed by atoms with van der Waals surface area (Å²) in [5.74, 6) is -0.287. The maximum absolute atomic E-state index is 14.0. The van der Waals surface area contributed by atoms with E-state index in [1.54, 1.807) is 6.07 Å². The number of para-hydroxylation sites is 1. The van der Waals surface area contributed by atoms with E-state index < -0.39 is 6.29 Å². The van der Waals surface area contributed by atoms with Gasteiger partial charge in [-0.25, -0.2) is 9.29 Å². The smallest absolute Gasteiger partial charge is 0.141 e. The lowest BCUT2D eigenvalue weighted by atomic mass is 10.0. The first-order valence-corrected chi connectivity index (χ1v) is 9.01. The van der Waals surface area contributed by atoms with Crippen molar-refractivity contribution in [3.05, 3.63) is 95.3 Å². The Balaban J connectivity index is 1.82. The number of aryl methyl sites for hydroxylation is 1. The number of nitrogens with zero attached hydrogens (tertiary/aromatic N) is 2. The van der Waals surface area contributed by atoms with E-state index in [-0.39, 0.29) is 12.0 Å². The summed E-state index contributed by atoms with van der Waals surface area (Å²) >= 11 is 0. The normalized spacial score (nSPS) is 19.8. The van der Waals surface area contributed by atoms with Crippen LogP contribution >= 0.6 is 0 Å². The molecule has 0 aromatic heterocycles. The molecule has 2 unspecified atom stereocenters. The molecule has 4 nitrogen and oxygen atoms in total. The van der Waals surface area contributed by atoms with Gasteiger partial charge in [-0.05, 0) is 36.2 Å². The molecule has 0 spiro atoms. The SMILES string of the molecule is Cc1ccc(F)cc1N1c2ccccc2C(N)N(Cc2ccccc2)C1N. The number of anilines is 2. The average molecular weight is 362 g/mol. The van der Waals surface area contributed by atoms with Crippen LogP contribution in [0.2, 0.25) is 0 Å². The van der Waals surface area contributed by atoms with Gasteiger partial charge in [-0.3, -0.25) is 5.73 Å². The van der Waals surface area contributed by atoms with Crippen molar-refractivity contribution >= 4 is 11.4 Å². The summed E-state index contributed by atoms with van der Waals surface area (Å²) in [4.78, 5) is 4.00. The van der Waals surface area contributed by atoms with Crippen LogP contribution in [-0.2, 0) is 6.54 Å². The number of fused-ring (bicyclic) bond motifs is 1. The minimum atomic E-state index is -0.518. The van der Waals surface area contributed by atoms with E-state index in [0.29, 0.717) is 6.54 Å². The Labute approximate surface area is 158 Å². The third-order valence-corrected chi connectivity index (χ3v) is 5.12. The van der Waals surface area contributed by atoms with Crippen molar-refractivity contribution in [2.75, 3.05) is 4.90 Å². The van der Waals surface area contributed by atoms with Gasteiger partial charge in [-0.15, -0.1) is 0 Å². The molecule has 4 N–H and O–H groups in total. The van der Waals surface area contributed by atoms with Crippen LogP contribution in [0.25, 0.3) is 0 Å². The van der Waals surface area contributed by atoms with Gasteiger partial charge in [0.25, 0.3) is 0 Å². The highest BCUT2D eigenvalue weighted by molar-refractivity contribution is 5.71. The summed E-state index contributed by atoms with van der Waals surface area (Å²) < 4.78 is 14.0. The fraction of sp³-hybridized carbons (Fsp3) is 0.182. The molecule has 2 atom stereocenters. The Bertz CT molecular complexity index is 944. The third-order valence-electron chi connectivity index (χ3n) is 5.12. The Hall–Kier alpha value is -2.73. The average Bonchev–Trinajstić information content (AvgIpc) is 2.69. The van der Waals surface area contributed by atoms with E-state index in [0.717, 1.165) is 28.1 Å². The second-order valence-electron chi connectivity index (χ2n) is 6.88. The van der Waals surface area contributed by atoms with Crippen LogP contribution < -0.4 is 16.4 Å². The lowest BCUT2D eigenvalue weighted by Gasteiger charge is -2.47. The quantitative estimate of drug-likeness (QED) is 0.740. The third kappa shape index (κ3) is 3.21. The van der Waals surface area contributed by atoms with Gasteiger partial charge in [0.05, 0.1) is 6.17 Å². The molecule has 0 amide bonds. The van der Waals surface area contributed by atoms with Crippen LogP contribution in [0.15, 0.2) is 72.8 Å². The number of hydrogen-bond donors (Lipinski definition) is 2. The molecule has 0 radical (unpaired) electrons. The van der Waals surface area contributed by atoms with Crippen LogP contribution in [0.1, 0.15) is 22.9 Å². The fourth-order valence-electron chi connectivity index (χ4n) is 3.69. The zero-order valence-corrected chi connectivity index (χ0v) is 15.2. The van der Waals surface area contributed by atoms with Gasteiger partial charge in [0.2, 0.25) is 0 Å². The van der Waals surface area contributed by atoms with Crippen molar-refractivity contribution in [1.82, 2.24) is 4.90 Å². The molecular formula is C22H23FN4. The molecule has 27 heavy (non-hydrogen) atoms. The summed E-state index contributed by atoms with van der Waals surface area (Å²) in [5, 5.41) is 0. The molecule has 3 aromatic carbocycles. The molecule has 5 heteroatoms. The van der Waals surface area contributed by atoms with Crippen LogP contribution in [-0.4, -0.2) is 11.2 Å². The lowest BCUT2D eigenvalue weighted by Crippen LogP contribution is -2.58. The van der Waals surface area contributed by atoms with E-state index in [2.05, 4.69) is 12.1 Å². The number of hydrogen-bond acceptors (Lipinski definition) is 4. The largest absolute Gasteiger partial charge is 0.312 e. The number of halogens is 1. The lowest BCUT2D eigenvalue weighted by molar-refractivity contribution is 0.121. The second kappa shape index (κ2) is 7.12. The molecule has 0 bridgehead atoms. The molecule has 0 fully saturated rings. The fourth-order valence-corrected chi connectivity index (χ4v) is 3.69. The molecule has 4 rings (SSSR count). The van der Waals surface area contributed by atoms with Crippen molar-refractivity contribution in [2.24, 2.45) is 11.5 Å². The molecule has 1 heterocycles. The van der Waals surface area contributed by atoms with Crippen molar-refractivity contribution in [3.63, 3.8) is 0 Å². The highest BCUT2D eigenvalue weighted by Gasteiger charge is 2.36. The second-order valence-corrected chi connectivity index (χ2v) is 6.88. The molecular weight excluding hydrogens is 339 g/mol. The minimum absolute atomic E-state index is 0.287. The summed E-state index contributed by atoms with van der Waals surface area (Å²) in [7, 11) is 0. The highest BCUT2D eigenvalue weighted by Crippen LogP contribution is 2.41. The van der Waals surface area contributed by atoms with Crippen molar-refractivity contribution in [3.8, 4) is 0 Å². The summed E-state index contributed by atoms with van der Waals surface area (Å²) in [6, 6.07) is 22.8. The molecule has 1 aliphatic heterocycles. The number of nitrogens with two attached hydrogens (primary N) is 2. The topological polar surface area (TPSA) is 58.5 Å². The number of rotatable bonds is 3. The van der Waals surface area contributed by atoms with Crippen LogP contribution in [0, 0.1) is 12.7 Å². The van der Waals surface area contributed by atoms with Gasteiger partial charge < -0.3 is 10.6 Å². The number of benzene rings is 3. The standard InChI is InChI=1S/C22H23FN4/c1-15-11-12-17(23)13-20(15)27-19-10-6-5-9-18(19)21(24)26(22(27)25)14-16-7-3-2-4-8-16/h2-13,21-22H,14,24-25H2,1H3. The van der Waals surface area contributed by atoms with E-state index in [1.165, 1.54) is 12.1 Å². The van der Waals surface area contributed by atoms with Gasteiger partial charge in [-0.1, -0.05) is 54.6 Å². The predicted molar refractivity (Wildman–Crippen MR) is 107 cm³/mol. The maximum Gasteiger partial charge on any atom is 0.141 e. The van der Waals surface area contributed by atoms with E-state index >= 15 is 0 Å². The first kappa shape index (κ1) is 17.7. The molecule has 138 valence electrons. The predicted octanol–water partition coefficient (Wildman–Crippen LogP) is 3.99. The summed E-state index contributed by atoms with van der Waals surface area (Å²) in [6.45, 7) is 2.56. The van der Waals surface area contributed by atoms with Crippen LogP contribution in [0.5, 0.6) is 0 Å². The van der Waals surface area contributed by atoms with Crippen molar-refractivity contribution in [2.45, 2.75) is 25.9 Å². The maximum atomic E-state index is 14.0. The van der Waals surface area contributed by atoms with E-state index in [9.17, 15) is 4.39 Å². The zero-order chi connectivity index (χ0) is 19.0. The molecule has 0 saturated carbocycles. The monoisotopic (exact) mass is 362 g/mol. The molecule has 0 saturated heterocycles. The molecule has 0 aliphatic carbocycles. The summed E-state index contributed by atoms with van der Waals surface area (Å²) in [5.41, 5.74) is 18.0. The first-order valence-electron chi connectivity index (χ1n) is 9.01. The first-order chi connectivity index (χ1) is 13.1. The van der Waals surface area contributed by atoms with E-state index in [4.69, 9.17) is 11.5 Å². The van der Waals surface area contributed by atoms with Crippen LogP contribution in [0.4, 0.5) is 15.8 Å². The molecule has 3 aromatic rings. The highest BCUT2D eigenvalue weighted by atomic mass is 19.1. The minimum Gasteiger partial charge on any atom is -0.312 e.